The molecule has 0 saturated heterocycles. The molecule has 1 aromatic heterocycles. The minimum atomic E-state index is -5.06. The number of hydrogen-bond donors (Lipinski definition) is 3. The molecule has 3 N–H and O–H groups in total. The maximum absolute atomic E-state index is 12.6. The van der Waals surface area contributed by atoms with E-state index in [-0.39, 0.29) is 21.7 Å². The average Bonchev–Trinajstić information content (AvgIpc) is 2.74. The van der Waals surface area contributed by atoms with Crippen LogP contribution in [0.3, 0.4) is 0 Å². The molecule has 1 amide bonds. The van der Waals surface area contributed by atoms with Gasteiger partial charge in [-0.25, -0.2) is 0 Å². The first-order valence-corrected chi connectivity index (χ1v) is 10.3. The minimum Gasteiger partial charge on any atom is -0.494 e. The molecule has 2 aromatic rings. The number of allylic oxidation sites excluding steroid dienone is 2. The summed E-state index contributed by atoms with van der Waals surface area (Å²) in [5, 5.41) is 12.4. The summed E-state index contributed by atoms with van der Waals surface area (Å²) in [4.78, 5) is 30.0. The zero-order valence-electron chi connectivity index (χ0n) is 16.9. The Hall–Kier alpha value is -3.21. The number of aromatic nitrogens is 2. The Morgan fingerprint density at radius 3 is 2.75 bits per heavy atom. The van der Waals surface area contributed by atoms with Crippen LogP contribution in [0.4, 0.5) is 24.5 Å². The van der Waals surface area contributed by atoms with Gasteiger partial charge in [-0.15, -0.1) is 0 Å². The third kappa shape index (κ3) is 5.72. The number of nitrogens with zero attached hydrogens (tertiary/aromatic N) is 2. The lowest BCUT2D eigenvalue weighted by atomic mass is 9.97. The molecule has 170 valence electrons. The van der Waals surface area contributed by atoms with Crippen LogP contribution < -0.4 is 10.9 Å². The van der Waals surface area contributed by atoms with Crippen LogP contribution in [-0.2, 0) is 11.3 Å². The summed E-state index contributed by atoms with van der Waals surface area (Å²) in [5.41, 5.74) is 0.145. The number of aromatic amines is 1. The molecular weight excluding hydrogens is 445 g/mol. The van der Waals surface area contributed by atoms with E-state index in [1.165, 1.54) is 34.4 Å². The number of hydrogen-bond acceptors (Lipinski definition) is 5. The maximum atomic E-state index is 12.6. The molecule has 11 heteroatoms. The van der Waals surface area contributed by atoms with E-state index in [0.717, 1.165) is 31.9 Å². The van der Waals surface area contributed by atoms with Gasteiger partial charge in [0.15, 0.2) is 4.77 Å². The van der Waals surface area contributed by atoms with Crippen molar-refractivity contribution in [1.29, 1.82) is 0 Å². The highest BCUT2D eigenvalue weighted by molar-refractivity contribution is 7.71. The van der Waals surface area contributed by atoms with Gasteiger partial charge in [0.05, 0.1) is 11.4 Å². The van der Waals surface area contributed by atoms with Crippen molar-refractivity contribution < 1.29 is 23.1 Å². The van der Waals surface area contributed by atoms with Gasteiger partial charge in [0.1, 0.15) is 5.56 Å². The van der Waals surface area contributed by atoms with Crippen molar-refractivity contribution in [2.45, 2.75) is 44.8 Å². The standard InChI is InChI=1S/C21H21F3N4O3S/c22-21(23,24)19(31)26-16-9-5-4-8-15(16)25-12-14-17(29)27-20(32)28(18(14)30)11-10-13-6-2-1-3-7-13/h4-6,8-9,12,30H,1-3,7,10-11H2,(H,26,31)(H,27,29,32). The fourth-order valence-electron chi connectivity index (χ4n) is 3.31. The third-order valence-corrected chi connectivity index (χ3v) is 5.31. The Morgan fingerprint density at radius 1 is 1.31 bits per heavy atom. The second-order valence-corrected chi connectivity index (χ2v) is 7.62. The summed E-state index contributed by atoms with van der Waals surface area (Å²) in [6.45, 7) is 0.354. The number of aromatic hydroxyl groups is 1. The van der Waals surface area contributed by atoms with Crippen LogP contribution in [0.25, 0.3) is 0 Å². The number of H-pyrrole nitrogens is 1. The SMILES string of the molecule is O=C(Nc1ccccc1N=Cc1c(O)n(CCC2=CCCCC2)c(=S)[nH]c1=O)C(F)(F)F. The van der Waals surface area contributed by atoms with Crippen molar-refractivity contribution in [3.8, 4) is 5.88 Å². The van der Waals surface area contributed by atoms with Crippen molar-refractivity contribution in [3.05, 3.63) is 56.6 Å². The van der Waals surface area contributed by atoms with Crippen molar-refractivity contribution in [1.82, 2.24) is 9.55 Å². The van der Waals surface area contributed by atoms with Crippen LogP contribution in [0.15, 0.2) is 45.7 Å². The van der Waals surface area contributed by atoms with E-state index in [4.69, 9.17) is 12.2 Å². The van der Waals surface area contributed by atoms with Gasteiger partial charge in [0.25, 0.3) is 5.56 Å². The van der Waals surface area contributed by atoms with E-state index in [9.17, 15) is 27.9 Å². The highest BCUT2D eigenvalue weighted by Crippen LogP contribution is 2.27. The number of alkyl halides is 3. The van der Waals surface area contributed by atoms with E-state index in [0.29, 0.717) is 13.0 Å². The predicted molar refractivity (Wildman–Crippen MR) is 117 cm³/mol. The van der Waals surface area contributed by atoms with Crippen molar-refractivity contribution >= 4 is 35.7 Å². The number of nitrogens with one attached hydrogen (secondary N) is 2. The summed E-state index contributed by atoms with van der Waals surface area (Å²) in [6.07, 6.45) is 3.05. The molecule has 0 spiro atoms. The second kappa shape index (κ2) is 9.94. The fourth-order valence-corrected chi connectivity index (χ4v) is 3.58. The van der Waals surface area contributed by atoms with Gasteiger partial charge >= 0.3 is 12.1 Å². The lowest BCUT2D eigenvalue weighted by Crippen LogP contribution is -2.29. The smallest absolute Gasteiger partial charge is 0.471 e. The van der Waals surface area contributed by atoms with Gasteiger partial charge in [-0.05, 0) is 56.5 Å². The summed E-state index contributed by atoms with van der Waals surface area (Å²) < 4.78 is 39.1. The van der Waals surface area contributed by atoms with Crippen molar-refractivity contribution in [2.75, 3.05) is 5.32 Å². The van der Waals surface area contributed by atoms with Gasteiger partial charge in [-0.3, -0.25) is 24.1 Å². The topological polar surface area (TPSA) is 99.5 Å². The van der Waals surface area contributed by atoms with Crippen molar-refractivity contribution in [3.63, 3.8) is 0 Å². The molecule has 0 radical (unpaired) electrons. The molecule has 0 unspecified atom stereocenters. The van der Waals surface area contributed by atoms with E-state index < -0.39 is 23.5 Å². The van der Waals surface area contributed by atoms with E-state index in [1.54, 1.807) is 5.32 Å². The molecule has 0 aliphatic heterocycles. The Morgan fingerprint density at radius 2 is 2.06 bits per heavy atom. The van der Waals surface area contributed by atoms with Crippen LogP contribution in [0, 0.1) is 4.77 Å². The van der Waals surface area contributed by atoms with Gasteiger partial charge < -0.3 is 10.4 Å². The number of anilines is 1. The maximum Gasteiger partial charge on any atom is 0.471 e. The average molecular weight is 466 g/mol. The zero-order chi connectivity index (χ0) is 23.3. The van der Waals surface area contributed by atoms with Gasteiger partial charge in [-0.2, -0.15) is 13.2 Å². The first-order chi connectivity index (χ1) is 15.2. The zero-order valence-corrected chi connectivity index (χ0v) is 17.7. The molecule has 1 heterocycles. The van der Waals surface area contributed by atoms with Crippen LogP contribution in [-0.4, -0.2) is 33.0 Å². The number of carbonyl (C=O) groups is 1. The number of carbonyl (C=O) groups excluding carboxylic acids is 1. The Kier molecular flexibility index (Phi) is 7.29. The van der Waals surface area contributed by atoms with E-state index in [1.807, 2.05) is 0 Å². The minimum absolute atomic E-state index is 0.0229. The molecule has 3 rings (SSSR count). The molecule has 0 saturated carbocycles. The fraction of sp³-hybridized carbons (Fsp3) is 0.333. The Labute approximate surface area is 186 Å². The summed E-state index contributed by atoms with van der Waals surface area (Å²) in [6, 6.07) is 5.53. The second-order valence-electron chi connectivity index (χ2n) is 7.23. The quantitative estimate of drug-likeness (QED) is 0.325. The van der Waals surface area contributed by atoms with E-state index in [2.05, 4.69) is 16.1 Å². The molecule has 7 nitrogen and oxygen atoms in total. The number of rotatable bonds is 6. The molecule has 1 aromatic carbocycles. The number of para-hydroxylation sites is 2. The molecular formula is C21H21F3N4O3S. The molecule has 1 aliphatic rings. The molecule has 0 bridgehead atoms. The monoisotopic (exact) mass is 466 g/mol. The number of amides is 1. The number of benzene rings is 1. The van der Waals surface area contributed by atoms with Crippen LogP contribution in [0.1, 0.15) is 37.7 Å². The van der Waals surface area contributed by atoms with Crippen LogP contribution in [0.5, 0.6) is 5.88 Å². The first-order valence-electron chi connectivity index (χ1n) is 9.92. The normalized spacial score (nSPS) is 14.4. The third-order valence-electron chi connectivity index (χ3n) is 4.99. The lowest BCUT2D eigenvalue weighted by molar-refractivity contribution is -0.167. The molecule has 0 atom stereocenters. The predicted octanol–water partition coefficient (Wildman–Crippen LogP) is 4.75. The van der Waals surface area contributed by atoms with E-state index >= 15 is 0 Å². The van der Waals surface area contributed by atoms with Gasteiger partial charge in [0, 0.05) is 12.8 Å². The lowest BCUT2D eigenvalue weighted by Gasteiger charge is -2.15. The molecule has 1 aliphatic carbocycles. The molecule has 0 fully saturated rings. The number of halogens is 3. The van der Waals surface area contributed by atoms with Gasteiger partial charge in [-0.1, -0.05) is 23.8 Å². The van der Waals surface area contributed by atoms with Crippen molar-refractivity contribution in [2.24, 2.45) is 4.99 Å². The highest BCUT2D eigenvalue weighted by Gasteiger charge is 2.38. The summed E-state index contributed by atoms with van der Waals surface area (Å²) in [5.74, 6) is -2.54. The van der Waals surface area contributed by atoms with Crippen LogP contribution in [0.2, 0.25) is 0 Å². The Balaban J connectivity index is 1.88. The first kappa shape index (κ1) is 23.5. The molecule has 32 heavy (non-hydrogen) atoms. The van der Waals surface area contributed by atoms with Crippen LogP contribution >= 0.6 is 12.2 Å². The summed E-state index contributed by atoms with van der Waals surface area (Å²) >= 11 is 5.16. The number of aliphatic imine (C=N–C) groups is 1. The Bertz CT molecular complexity index is 1180. The van der Waals surface area contributed by atoms with Gasteiger partial charge in [0.2, 0.25) is 5.88 Å². The largest absolute Gasteiger partial charge is 0.494 e. The summed E-state index contributed by atoms with van der Waals surface area (Å²) in [7, 11) is 0. The highest BCUT2D eigenvalue weighted by atomic mass is 32.1.